The molecule has 1 atom stereocenters. The van der Waals surface area contributed by atoms with Gasteiger partial charge in [0.05, 0.1) is 13.2 Å². The molecule has 0 aliphatic carbocycles. The highest BCUT2D eigenvalue weighted by Crippen LogP contribution is 2.25. The van der Waals surface area contributed by atoms with Gasteiger partial charge in [-0.15, -0.1) is 0 Å². The predicted molar refractivity (Wildman–Crippen MR) is 96.9 cm³/mol. The first-order valence-electron chi connectivity index (χ1n) is 8.47. The number of benzene rings is 2. The van der Waals surface area contributed by atoms with E-state index in [0.29, 0.717) is 12.3 Å². The molecule has 5 heteroatoms. The molecule has 1 heterocycles. The fourth-order valence-corrected chi connectivity index (χ4v) is 3.08. The molecule has 0 radical (unpaired) electrons. The molecular weight excluding hydrogens is 316 g/mol. The third-order valence-electron chi connectivity index (χ3n) is 4.51. The lowest BCUT2D eigenvalue weighted by atomic mass is 10.0. The average Bonchev–Trinajstić information content (AvgIpc) is 2.67. The number of likely N-dealkylation sites (N-methyl/N-ethyl adjacent to an activating group) is 1. The van der Waals surface area contributed by atoms with Crippen molar-refractivity contribution in [1.29, 1.82) is 0 Å². The molecule has 0 bridgehead atoms. The molecule has 25 heavy (non-hydrogen) atoms. The van der Waals surface area contributed by atoms with Crippen molar-refractivity contribution in [3.05, 3.63) is 60.2 Å². The highest BCUT2D eigenvalue weighted by molar-refractivity contribution is 5.78. The van der Waals surface area contributed by atoms with E-state index in [1.807, 2.05) is 47.4 Å². The van der Waals surface area contributed by atoms with Crippen LogP contribution in [0.15, 0.2) is 54.6 Å². The van der Waals surface area contributed by atoms with Crippen LogP contribution in [0.5, 0.6) is 11.5 Å². The van der Waals surface area contributed by atoms with Gasteiger partial charge in [0.25, 0.3) is 5.91 Å². The first kappa shape index (κ1) is 17.3. The van der Waals surface area contributed by atoms with Crippen LogP contribution >= 0.6 is 0 Å². The predicted octanol–water partition coefficient (Wildman–Crippen LogP) is 2.59. The van der Waals surface area contributed by atoms with Crippen LogP contribution < -0.4 is 9.47 Å². The minimum absolute atomic E-state index is 0.0118. The van der Waals surface area contributed by atoms with Crippen LogP contribution in [0, 0.1) is 0 Å². The van der Waals surface area contributed by atoms with Crippen LogP contribution in [-0.2, 0) is 4.79 Å². The van der Waals surface area contributed by atoms with Gasteiger partial charge in [-0.2, -0.15) is 0 Å². The minimum Gasteiger partial charge on any atom is -0.497 e. The lowest BCUT2D eigenvalue weighted by molar-refractivity contribution is -0.138. The lowest BCUT2D eigenvalue weighted by Gasteiger charge is -2.40. The van der Waals surface area contributed by atoms with Crippen molar-refractivity contribution in [2.24, 2.45) is 0 Å². The molecule has 1 aliphatic heterocycles. The summed E-state index contributed by atoms with van der Waals surface area (Å²) in [5, 5.41) is 0. The van der Waals surface area contributed by atoms with Gasteiger partial charge in [-0.25, -0.2) is 0 Å². The van der Waals surface area contributed by atoms with Gasteiger partial charge in [0.15, 0.2) is 6.61 Å². The molecule has 3 rings (SSSR count). The number of hydrogen-bond acceptors (Lipinski definition) is 4. The quantitative estimate of drug-likeness (QED) is 0.839. The second-order valence-corrected chi connectivity index (χ2v) is 6.24. The van der Waals surface area contributed by atoms with E-state index in [1.165, 1.54) is 0 Å². The van der Waals surface area contributed by atoms with Gasteiger partial charge in [0, 0.05) is 19.6 Å². The summed E-state index contributed by atoms with van der Waals surface area (Å²) >= 11 is 0. The average molecular weight is 340 g/mol. The molecule has 1 aliphatic rings. The Bertz CT molecular complexity index is 688. The molecule has 0 saturated carbocycles. The first-order chi connectivity index (χ1) is 12.2. The zero-order chi connectivity index (χ0) is 17.6. The van der Waals surface area contributed by atoms with Gasteiger partial charge in [0.2, 0.25) is 0 Å². The molecule has 1 amide bonds. The maximum Gasteiger partial charge on any atom is 0.261 e. The number of hydrogen-bond donors (Lipinski definition) is 0. The molecule has 0 spiro atoms. The Balaban J connectivity index is 1.66. The zero-order valence-corrected chi connectivity index (χ0v) is 14.7. The lowest BCUT2D eigenvalue weighted by Crippen LogP contribution is -2.50. The summed E-state index contributed by atoms with van der Waals surface area (Å²) in [5.74, 6) is 1.44. The Labute approximate surface area is 148 Å². The van der Waals surface area contributed by atoms with E-state index in [4.69, 9.17) is 9.47 Å². The summed E-state index contributed by atoms with van der Waals surface area (Å²) in [6.45, 7) is 2.45. The Hall–Kier alpha value is -2.53. The molecule has 0 unspecified atom stereocenters. The molecule has 5 nitrogen and oxygen atoms in total. The van der Waals surface area contributed by atoms with Crippen molar-refractivity contribution in [3.8, 4) is 11.5 Å². The molecular formula is C20H24N2O3. The smallest absolute Gasteiger partial charge is 0.261 e. The molecule has 1 saturated heterocycles. The number of carbonyl (C=O) groups is 1. The molecule has 0 N–H and O–H groups in total. The van der Waals surface area contributed by atoms with Gasteiger partial charge in [-0.3, -0.25) is 4.79 Å². The zero-order valence-electron chi connectivity index (χ0n) is 14.7. The fourth-order valence-electron chi connectivity index (χ4n) is 3.08. The van der Waals surface area contributed by atoms with Gasteiger partial charge in [-0.05, 0) is 36.9 Å². The third kappa shape index (κ3) is 4.31. The van der Waals surface area contributed by atoms with Crippen molar-refractivity contribution in [3.63, 3.8) is 0 Å². The Kier molecular flexibility index (Phi) is 5.56. The molecule has 1 fully saturated rings. The molecule has 2 aromatic rings. The minimum atomic E-state index is 0.0118. The van der Waals surface area contributed by atoms with E-state index >= 15 is 0 Å². The van der Waals surface area contributed by atoms with Crippen molar-refractivity contribution in [2.75, 3.05) is 40.4 Å². The highest BCUT2D eigenvalue weighted by atomic mass is 16.5. The maximum atomic E-state index is 12.7. The number of amides is 1. The summed E-state index contributed by atoms with van der Waals surface area (Å²) in [4.78, 5) is 16.9. The van der Waals surface area contributed by atoms with Gasteiger partial charge >= 0.3 is 0 Å². The highest BCUT2D eigenvalue weighted by Gasteiger charge is 2.30. The van der Waals surface area contributed by atoms with E-state index in [9.17, 15) is 4.79 Å². The second-order valence-electron chi connectivity index (χ2n) is 6.24. The van der Waals surface area contributed by atoms with Crippen LogP contribution in [-0.4, -0.2) is 56.1 Å². The maximum absolute atomic E-state index is 12.7. The Morgan fingerprint density at radius 3 is 2.40 bits per heavy atom. The van der Waals surface area contributed by atoms with E-state index in [1.54, 1.807) is 7.11 Å². The number of methoxy groups -OCH3 is 1. The number of rotatable bonds is 5. The van der Waals surface area contributed by atoms with Crippen molar-refractivity contribution >= 4 is 5.91 Å². The largest absolute Gasteiger partial charge is 0.497 e. The van der Waals surface area contributed by atoms with Gasteiger partial charge in [0.1, 0.15) is 11.5 Å². The van der Waals surface area contributed by atoms with Crippen LogP contribution in [0.4, 0.5) is 0 Å². The van der Waals surface area contributed by atoms with Crippen molar-refractivity contribution in [1.82, 2.24) is 9.80 Å². The number of ether oxygens (including phenoxy) is 2. The summed E-state index contributed by atoms with van der Waals surface area (Å²) < 4.78 is 10.8. The second kappa shape index (κ2) is 8.03. The third-order valence-corrected chi connectivity index (χ3v) is 4.51. The van der Waals surface area contributed by atoms with E-state index in [2.05, 4.69) is 24.1 Å². The first-order valence-corrected chi connectivity index (χ1v) is 8.47. The summed E-state index contributed by atoms with van der Waals surface area (Å²) in [6.07, 6.45) is 0. The van der Waals surface area contributed by atoms with Crippen molar-refractivity contribution in [2.45, 2.75) is 6.04 Å². The molecule has 2 aromatic carbocycles. The topological polar surface area (TPSA) is 42.0 Å². The van der Waals surface area contributed by atoms with E-state index in [-0.39, 0.29) is 18.6 Å². The molecule has 0 aromatic heterocycles. The summed E-state index contributed by atoms with van der Waals surface area (Å²) in [7, 11) is 3.71. The normalized spacial score (nSPS) is 18.0. The number of carbonyl (C=O) groups excluding carboxylic acids is 1. The van der Waals surface area contributed by atoms with Crippen LogP contribution in [0.25, 0.3) is 0 Å². The van der Waals surface area contributed by atoms with E-state index < -0.39 is 0 Å². The van der Waals surface area contributed by atoms with Crippen LogP contribution in [0.2, 0.25) is 0 Å². The monoisotopic (exact) mass is 340 g/mol. The van der Waals surface area contributed by atoms with Crippen molar-refractivity contribution < 1.29 is 14.3 Å². The summed E-state index contributed by atoms with van der Waals surface area (Å²) in [5.41, 5.74) is 1.16. The standard InChI is InChI=1S/C20H24N2O3/c1-21-12-13-22(19(14-21)16-6-4-3-5-7-16)20(23)15-25-18-10-8-17(24-2)9-11-18/h3-11,19H,12-15H2,1-2H3/t19-/m0/s1. The van der Waals surface area contributed by atoms with E-state index in [0.717, 1.165) is 24.4 Å². The molecule has 132 valence electrons. The van der Waals surface area contributed by atoms with Crippen LogP contribution in [0.1, 0.15) is 11.6 Å². The Morgan fingerprint density at radius 2 is 1.72 bits per heavy atom. The fraction of sp³-hybridized carbons (Fsp3) is 0.350. The van der Waals surface area contributed by atoms with Gasteiger partial charge in [-0.1, -0.05) is 30.3 Å². The Morgan fingerprint density at radius 1 is 1.04 bits per heavy atom. The van der Waals surface area contributed by atoms with Crippen LogP contribution in [0.3, 0.4) is 0 Å². The number of nitrogens with zero attached hydrogens (tertiary/aromatic N) is 2. The van der Waals surface area contributed by atoms with Gasteiger partial charge < -0.3 is 19.3 Å². The number of piperazine rings is 1. The SMILES string of the molecule is COc1ccc(OCC(=O)N2CCN(C)C[C@H]2c2ccccc2)cc1. The summed E-state index contributed by atoms with van der Waals surface area (Å²) in [6, 6.07) is 17.5.